The number of aromatic amines is 1. The number of ether oxygens (including phenoxy) is 1. The van der Waals surface area contributed by atoms with Crippen molar-refractivity contribution in [3.05, 3.63) is 21.7 Å². The lowest BCUT2D eigenvalue weighted by molar-refractivity contribution is 0.217. The minimum absolute atomic E-state index is 0.141. The molecule has 7 nitrogen and oxygen atoms in total. The second-order valence-electron chi connectivity index (χ2n) is 6.30. The fraction of sp³-hybridized carbons (Fsp3) is 0.667. The van der Waals surface area contributed by atoms with E-state index in [1.807, 2.05) is 34.6 Å². The van der Waals surface area contributed by atoms with Crippen molar-refractivity contribution in [3.63, 3.8) is 0 Å². The van der Waals surface area contributed by atoms with Crippen LogP contribution in [0, 0.1) is 0 Å². The van der Waals surface area contributed by atoms with Gasteiger partial charge in [-0.05, 0) is 0 Å². The fourth-order valence-electron chi connectivity index (χ4n) is 1.68. The van der Waals surface area contributed by atoms with Gasteiger partial charge in [-0.3, -0.25) is 9.42 Å². The molecule has 0 radical (unpaired) electrons. The summed E-state index contributed by atoms with van der Waals surface area (Å²) in [5, 5.41) is 5.88. The van der Waals surface area contributed by atoms with Gasteiger partial charge in [0.1, 0.15) is 12.3 Å². The zero-order valence-corrected chi connectivity index (χ0v) is 13.0. The van der Waals surface area contributed by atoms with Crippen molar-refractivity contribution in [1.29, 1.82) is 0 Å². The Kier molecular flexibility index (Phi) is 3.68. The van der Waals surface area contributed by atoms with Crippen LogP contribution in [-0.4, -0.2) is 25.7 Å². The Hall–Kier alpha value is -1.70. The van der Waals surface area contributed by atoms with Gasteiger partial charge in [0, 0.05) is 5.41 Å². The lowest BCUT2D eigenvalue weighted by atomic mass is 9.90. The van der Waals surface area contributed by atoms with Gasteiger partial charge in [-0.1, -0.05) is 39.8 Å². The maximum absolute atomic E-state index is 11.6. The van der Waals surface area contributed by atoms with Crippen molar-refractivity contribution in [2.75, 3.05) is 6.61 Å². The zero-order chi connectivity index (χ0) is 15.0. The number of rotatable bonds is 4. The average Bonchev–Trinajstić information content (AvgIpc) is 2.93. The SMILES string of the molecule is CC(C)(C)c1nsnc1OCC(C)(C)c1no[nH]c1=O. The highest BCUT2D eigenvalue weighted by atomic mass is 32.1. The van der Waals surface area contributed by atoms with Gasteiger partial charge in [-0.25, -0.2) is 0 Å². The summed E-state index contributed by atoms with van der Waals surface area (Å²) >= 11 is 1.12. The van der Waals surface area contributed by atoms with E-state index in [1.54, 1.807) is 0 Å². The van der Waals surface area contributed by atoms with E-state index in [0.717, 1.165) is 17.4 Å². The zero-order valence-electron chi connectivity index (χ0n) is 12.2. The number of hydrogen-bond acceptors (Lipinski definition) is 7. The number of H-pyrrole nitrogens is 1. The quantitative estimate of drug-likeness (QED) is 0.926. The summed E-state index contributed by atoms with van der Waals surface area (Å²) in [6.45, 7) is 10.1. The molecular weight excluding hydrogens is 280 g/mol. The molecule has 0 spiro atoms. The summed E-state index contributed by atoms with van der Waals surface area (Å²) in [7, 11) is 0. The molecule has 0 aliphatic carbocycles. The van der Waals surface area contributed by atoms with Gasteiger partial charge < -0.3 is 4.74 Å². The minimum Gasteiger partial charge on any atom is -0.475 e. The Morgan fingerprint density at radius 3 is 2.45 bits per heavy atom. The van der Waals surface area contributed by atoms with Gasteiger partial charge in [0.25, 0.3) is 0 Å². The van der Waals surface area contributed by atoms with E-state index in [-0.39, 0.29) is 17.6 Å². The second kappa shape index (κ2) is 5.01. The Labute approximate surface area is 120 Å². The lowest BCUT2D eigenvalue weighted by Gasteiger charge is -2.22. The van der Waals surface area contributed by atoms with Crippen molar-refractivity contribution in [3.8, 4) is 5.88 Å². The second-order valence-corrected chi connectivity index (χ2v) is 6.83. The number of nitrogens with one attached hydrogen (secondary N) is 1. The van der Waals surface area contributed by atoms with Crippen LogP contribution in [0.15, 0.2) is 9.42 Å². The number of nitrogens with zero attached hydrogens (tertiary/aromatic N) is 3. The summed E-state index contributed by atoms with van der Waals surface area (Å²) in [6, 6.07) is 0. The Morgan fingerprint density at radius 2 is 1.90 bits per heavy atom. The molecule has 0 saturated heterocycles. The maximum Gasteiger partial charge on any atom is 0.304 e. The molecule has 0 aromatic carbocycles. The molecule has 2 aromatic heterocycles. The van der Waals surface area contributed by atoms with E-state index in [9.17, 15) is 4.79 Å². The van der Waals surface area contributed by atoms with Crippen molar-refractivity contribution in [2.24, 2.45) is 0 Å². The molecule has 0 amide bonds. The van der Waals surface area contributed by atoms with Crippen LogP contribution in [0.5, 0.6) is 5.88 Å². The third-order valence-electron chi connectivity index (χ3n) is 2.87. The highest BCUT2D eigenvalue weighted by molar-refractivity contribution is 6.99. The van der Waals surface area contributed by atoms with Crippen molar-refractivity contribution >= 4 is 11.7 Å². The normalized spacial score (nSPS) is 12.7. The molecule has 0 atom stereocenters. The first-order chi connectivity index (χ1) is 9.22. The van der Waals surface area contributed by atoms with Gasteiger partial charge in [0.05, 0.1) is 17.1 Å². The number of aromatic nitrogens is 4. The predicted molar refractivity (Wildman–Crippen MR) is 74.3 cm³/mol. The molecule has 0 fully saturated rings. The van der Waals surface area contributed by atoms with Crippen LogP contribution in [0.1, 0.15) is 46.0 Å². The van der Waals surface area contributed by atoms with E-state index in [1.165, 1.54) is 0 Å². The van der Waals surface area contributed by atoms with Crippen molar-refractivity contribution < 1.29 is 9.37 Å². The maximum atomic E-state index is 11.6. The van der Waals surface area contributed by atoms with E-state index in [2.05, 4.69) is 23.7 Å². The first-order valence-corrected chi connectivity index (χ1v) is 6.95. The molecule has 0 unspecified atom stereocenters. The van der Waals surface area contributed by atoms with E-state index < -0.39 is 5.41 Å². The highest BCUT2D eigenvalue weighted by Crippen LogP contribution is 2.30. The molecule has 2 rings (SSSR count). The predicted octanol–water partition coefficient (Wildman–Crippen LogP) is 1.87. The summed E-state index contributed by atoms with van der Waals surface area (Å²) in [4.78, 5) is 11.6. The lowest BCUT2D eigenvalue weighted by Crippen LogP contribution is -2.32. The molecule has 8 heteroatoms. The van der Waals surface area contributed by atoms with Crippen LogP contribution in [-0.2, 0) is 10.8 Å². The molecule has 0 aliphatic heterocycles. The third kappa shape index (κ3) is 2.90. The first-order valence-electron chi connectivity index (χ1n) is 6.22. The molecule has 2 heterocycles. The smallest absolute Gasteiger partial charge is 0.304 e. The van der Waals surface area contributed by atoms with Crippen LogP contribution in [0.2, 0.25) is 0 Å². The topological polar surface area (TPSA) is 93.9 Å². The molecular formula is C12H18N4O3S. The Bertz CT molecular complexity index is 635. The Balaban J connectivity index is 2.15. The highest BCUT2D eigenvalue weighted by Gasteiger charge is 2.31. The van der Waals surface area contributed by atoms with Gasteiger partial charge in [-0.2, -0.15) is 9.53 Å². The molecule has 0 bridgehead atoms. The first kappa shape index (κ1) is 14.7. The summed E-state index contributed by atoms with van der Waals surface area (Å²) in [6.07, 6.45) is 0. The fourth-order valence-corrected chi connectivity index (χ4v) is 2.37. The Morgan fingerprint density at radius 1 is 1.20 bits per heavy atom. The van der Waals surface area contributed by atoms with E-state index in [4.69, 9.17) is 4.74 Å². The molecule has 0 saturated carbocycles. The van der Waals surface area contributed by atoms with E-state index >= 15 is 0 Å². The van der Waals surface area contributed by atoms with Crippen molar-refractivity contribution in [1.82, 2.24) is 19.1 Å². The summed E-state index contributed by atoms with van der Waals surface area (Å²) in [5.41, 5.74) is 0.0494. The van der Waals surface area contributed by atoms with Crippen LogP contribution in [0.25, 0.3) is 0 Å². The number of hydrogen-bond donors (Lipinski definition) is 1. The molecule has 110 valence electrons. The monoisotopic (exact) mass is 298 g/mol. The van der Waals surface area contributed by atoms with Crippen LogP contribution < -0.4 is 10.3 Å². The van der Waals surface area contributed by atoms with Crippen LogP contribution in [0.3, 0.4) is 0 Å². The minimum atomic E-state index is -0.584. The molecule has 0 aliphatic rings. The average molecular weight is 298 g/mol. The standard InChI is InChI=1S/C12H18N4O3S/c1-11(2,3)8-10(16-20-15-8)18-6-12(4,5)7-9(17)14-19-13-7/h6H2,1-5H3,(H,14,17). The van der Waals surface area contributed by atoms with Gasteiger partial charge >= 0.3 is 5.56 Å². The van der Waals surface area contributed by atoms with Crippen LogP contribution in [0.4, 0.5) is 0 Å². The van der Waals surface area contributed by atoms with E-state index in [0.29, 0.717) is 11.6 Å². The molecule has 20 heavy (non-hydrogen) atoms. The van der Waals surface area contributed by atoms with Crippen LogP contribution >= 0.6 is 11.7 Å². The third-order valence-corrected chi connectivity index (χ3v) is 3.38. The van der Waals surface area contributed by atoms with Gasteiger partial charge in [0.15, 0.2) is 5.69 Å². The largest absolute Gasteiger partial charge is 0.475 e. The molecule has 1 N–H and O–H groups in total. The summed E-state index contributed by atoms with van der Waals surface area (Å²) in [5.74, 6) is 0.510. The van der Waals surface area contributed by atoms with Gasteiger partial charge in [0.2, 0.25) is 5.88 Å². The summed E-state index contributed by atoms with van der Waals surface area (Å²) < 4.78 is 18.8. The van der Waals surface area contributed by atoms with Gasteiger partial charge in [-0.15, -0.1) is 4.37 Å². The molecule has 2 aromatic rings. The van der Waals surface area contributed by atoms with Crippen molar-refractivity contribution in [2.45, 2.75) is 45.4 Å².